The summed E-state index contributed by atoms with van der Waals surface area (Å²) in [6.07, 6.45) is 1.67. The number of nitrogens with one attached hydrogen (secondary N) is 1. The van der Waals surface area contributed by atoms with Crippen LogP contribution in [-0.2, 0) is 9.53 Å². The quantitative estimate of drug-likeness (QED) is 0.686. The Kier molecular flexibility index (Phi) is 9.34. The van der Waals surface area contributed by atoms with Gasteiger partial charge in [-0.25, -0.2) is 0 Å². The molecule has 2 rings (SSSR count). The minimum atomic E-state index is -0.382. The van der Waals surface area contributed by atoms with Crippen LogP contribution in [0.2, 0.25) is 0 Å². The van der Waals surface area contributed by atoms with Gasteiger partial charge in [-0.05, 0) is 18.9 Å². The summed E-state index contributed by atoms with van der Waals surface area (Å²) in [5.41, 5.74) is 6.33. The third-order valence-corrected chi connectivity index (χ3v) is 4.43. The molecule has 152 valence electrons. The Morgan fingerprint density at radius 1 is 1.15 bits per heavy atom. The molecule has 0 saturated carbocycles. The van der Waals surface area contributed by atoms with E-state index < -0.39 is 0 Å². The molecule has 1 aromatic rings. The van der Waals surface area contributed by atoms with Gasteiger partial charge in [-0.1, -0.05) is 0 Å². The van der Waals surface area contributed by atoms with E-state index in [1.165, 1.54) is 21.3 Å². The van der Waals surface area contributed by atoms with Crippen molar-refractivity contribution in [3.63, 3.8) is 0 Å². The highest BCUT2D eigenvalue weighted by atomic mass is 35.5. The SMILES string of the molecule is COc1cc(NC(=O)CC(CN)OC)c(C(=O)N2CCCC2)cc1OC.Cl. The number of rotatable bonds is 8. The van der Waals surface area contributed by atoms with Gasteiger partial charge in [0, 0.05) is 32.8 Å². The Morgan fingerprint density at radius 2 is 1.74 bits per heavy atom. The predicted octanol–water partition coefficient (Wildman–Crippen LogP) is 1.66. The lowest BCUT2D eigenvalue weighted by molar-refractivity contribution is -0.118. The van der Waals surface area contributed by atoms with E-state index in [-0.39, 0.29) is 43.3 Å². The van der Waals surface area contributed by atoms with E-state index in [4.69, 9.17) is 19.9 Å². The largest absolute Gasteiger partial charge is 0.493 e. The fourth-order valence-electron chi connectivity index (χ4n) is 2.92. The molecule has 0 aliphatic carbocycles. The maximum Gasteiger partial charge on any atom is 0.256 e. The molecule has 1 heterocycles. The standard InChI is InChI=1S/C18H27N3O5.ClH/c1-24-12(11-19)8-17(22)20-14-10-16(26-3)15(25-2)9-13(14)18(23)21-6-4-5-7-21;/h9-10,12H,4-8,11,19H2,1-3H3,(H,20,22);1H. The number of hydrogen-bond acceptors (Lipinski definition) is 6. The van der Waals surface area contributed by atoms with Gasteiger partial charge >= 0.3 is 0 Å². The van der Waals surface area contributed by atoms with Crippen LogP contribution in [-0.4, -0.2) is 63.8 Å². The van der Waals surface area contributed by atoms with Crippen LogP contribution in [0.5, 0.6) is 11.5 Å². The number of nitrogens with two attached hydrogens (primary N) is 1. The summed E-state index contributed by atoms with van der Waals surface area (Å²) in [5, 5.41) is 2.78. The van der Waals surface area contributed by atoms with Gasteiger partial charge in [-0.15, -0.1) is 12.4 Å². The minimum Gasteiger partial charge on any atom is -0.493 e. The molecule has 0 aromatic heterocycles. The number of hydrogen-bond donors (Lipinski definition) is 2. The van der Waals surface area contributed by atoms with Crippen molar-refractivity contribution in [1.29, 1.82) is 0 Å². The van der Waals surface area contributed by atoms with Crippen LogP contribution in [0.25, 0.3) is 0 Å². The summed E-state index contributed by atoms with van der Waals surface area (Å²) in [6, 6.07) is 3.20. The van der Waals surface area contributed by atoms with Crippen molar-refractivity contribution in [3.05, 3.63) is 17.7 Å². The first-order chi connectivity index (χ1) is 12.5. The Balaban J connectivity index is 0.00000364. The maximum atomic E-state index is 12.9. The molecule has 8 nitrogen and oxygen atoms in total. The lowest BCUT2D eigenvalue weighted by Gasteiger charge is -2.20. The van der Waals surface area contributed by atoms with Crippen molar-refractivity contribution < 1.29 is 23.8 Å². The van der Waals surface area contributed by atoms with Crippen LogP contribution in [0.4, 0.5) is 5.69 Å². The van der Waals surface area contributed by atoms with Gasteiger partial charge in [0.1, 0.15) is 0 Å². The van der Waals surface area contributed by atoms with E-state index >= 15 is 0 Å². The average Bonchev–Trinajstić information content (AvgIpc) is 3.19. The summed E-state index contributed by atoms with van der Waals surface area (Å²) >= 11 is 0. The Morgan fingerprint density at radius 3 is 2.26 bits per heavy atom. The van der Waals surface area contributed by atoms with Crippen LogP contribution in [0.15, 0.2) is 12.1 Å². The van der Waals surface area contributed by atoms with Gasteiger partial charge in [0.05, 0.1) is 38.0 Å². The third-order valence-electron chi connectivity index (χ3n) is 4.43. The molecule has 0 bridgehead atoms. The van der Waals surface area contributed by atoms with E-state index in [9.17, 15) is 9.59 Å². The van der Waals surface area contributed by atoms with E-state index in [1.54, 1.807) is 17.0 Å². The molecule has 1 unspecified atom stereocenters. The molecule has 3 N–H and O–H groups in total. The molecule has 0 spiro atoms. The highest BCUT2D eigenvalue weighted by Crippen LogP contribution is 2.34. The first-order valence-electron chi connectivity index (χ1n) is 8.62. The van der Waals surface area contributed by atoms with Crippen molar-refractivity contribution >= 4 is 29.9 Å². The van der Waals surface area contributed by atoms with Crippen LogP contribution in [0, 0.1) is 0 Å². The van der Waals surface area contributed by atoms with Gasteiger partial charge < -0.3 is 30.2 Å². The number of halogens is 1. The van der Waals surface area contributed by atoms with Gasteiger partial charge in [0.25, 0.3) is 5.91 Å². The monoisotopic (exact) mass is 401 g/mol. The molecule has 0 radical (unpaired) electrons. The van der Waals surface area contributed by atoms with E-state index in [2.05, 4.69) is 5.32 Å². The van der Waals surface area contributed by atoms with E-state index in [0.29, 0.717) is 35.8 Å². The smallest absolute Gasteiger partial charge is 0.256 e. The highest BCUT2D eigenvalue weighted by Gasteiger charge is 2.25. The summed E-state index contributed by atoms with van der Waals surface area (Å²) in [6.45, 7) is 1.65. The van der Waals surface area contributed by atoms with Crippen molar-refractivity contribution in [2.75, 3.05) is 46.3 Å². The number of methoxy groups -OCH3 is 3. The number of nitrogens with zero attached hydrogens (tertiary/aromatic N) is 1. The Labute approximate surface area is 165 Å². The number of carbonyl (C=O) groups is 2. The second-order valence-electron chi connectivity index (χ2n) is 6.10. The third kappa shape index (κ3) is 5.72. The van der Waals surface area contributed by atoms with Gasteiger partial charge in [0.2, 0.25) is 5.91 Å². The molecular formula is C18H28ClN3O5. The van der Waals surface area contributed by atoms with Gasteiger partial charge in [-0.2, -0.15) is 0 Å². The number of benzene rings is 1. The Hall–Kier alpha value is -2.03. The molecule has 1 fully saturated rings. The van der Waals surface area contributed by atoms with Crippen LogP contribution < -0.4 is 20.5 Å². The lowest BCUT2D eigenvalue weighted by atomic mass is 10.1. The van der Waals surface area contributed by atoms with Crippen molar-refractivity contribution in [1.82, 2.24) is 4.90 Å². The summed E-state index contributed by atoms with van der Waals surface area (Å²) in [7, 11) is 4.51. The van der Waals surface area contributed by atoms with Crippen molar-refractivity contribution in [2.45, 2.75) is 25.4 Å². The van der Waals surface area contributed by atoms with Crippen LogP contribution >= 0.6 is 12.4 Å². The van der Waals surface area contributed by atoms with Crippen molar-refractivity contribution in [3.8, 4) is 11.5 Å². The van der Waals surface area contributed by atoms with Gasteiger partial charge in [-0.3, -0.25) is 9.59 Å². The molecule has 1 aliphatic rings. The molecule has 1 aliphatic heterocycles. The fraction of sp³-hybridized carbons (Fsp3) is 0.556. The molecular weight excluding hydrogens is 374 g/mol. The van der Waals surface area contributed by atoms with Crippen molar-refractivity contribution in [2.24, 2.45) is 5.73 Å². The summed E-state index contributed by atoms with van der Waals surface area (Å²) in [4.78, 5) is 27.0. The zero-order valence-electron chi connectivity index (χ0n) is 15.9. The predicted molar refractivity (Wildman–Crippen MR) is 105 cm³/mol. The highest BCUT2D eigenvalue weighted by molar-refractivity contribution is 6.04. The maximum absolute atomic E-state index is 12.9. The summed E-state index contributed by atoms with van der Waals surface area (Å²) in [5.74, 6) is 0.443. The van der Waals surface area contributed by atoms with Crippen LogP contribution in [0.3, 0.4) is 0 Å². The lowest BCUT2D eigenvalue weighted by Crippen LogP contribution is -2.30. The number of anilines is 1. The van der Waals surface area contributed by atoms with E-state index in [1.807, 2.05) is 0 Å². The zero-order valence-corrected chi connectivity index (χ0v) is 16.8. The molecule has 1 atom stereocenters. The summed E-state index contributed by atoms with van der Waals surface area (Å²) < 4.78 is 15.7. The molecule has 2 amide bonds. The topological polar surface area (TPSA) is 103 Å². The average molecular weight is 402 g/mol. The minimum absolute atomic E-state index is 0. The first kappa shape index (κ1) is 23.0. The van der Waals surface area contributed by atoms with Crippen LogP contribution in [0.1, 0.15) is 29.6 Å². The second-order valence-corrected chi connectivity index (χ2v) is 6.10. The molecule has 9 heteroatoms. The Bertz CT molecular complexity index is 646. The zero-order chi connectivity index (χ0) is 19.1. The number of amides is 2. The normalized spacial score (nSPS) is 14.3. The molecule has 27 heavy (non-hydrogen) atoms. The molecule has 1 aromatic carbocycles. The fourth-order valence-corrected chi connectivity index (χ4v) is 2.92. The second kappa shape index (κ2) is 11.0. The van der Waals surface area contributed by atoms with Gasteiger partial charge in [0.15, 0.2) is 11.5 Å². The first-order valence-corrected chi connectivity index (χ1v) is 8.62. The number of ether oxygens (including phenoxy) is 3. The molecule has 1 saturated heterocycles. The number of carbonyl (C=O) groups excluding carboxylic acids is 2. The number of likely N-dealkylation sites (tertiary alicyclic amines) is 1. The van der Waals surface area contributed by atoms with E-state index in [0.717, 1.165) is 12.8 Å².